The minimum Gasteiger partial charge on any atom is -0.444 e. The van der Waals surface area contributed by atoms with Crippen LogP contribution in [0.15, 0.2) is 35.3 Å². The normalized spacial score (nSPS) is 27.0. The third kappa shape index (κ3) is 5.62. The molecule has 1 aromatic heterocycles. The number of anilines is 1. The first-order valence-corrected chi connectivity index (χ1v) is 14.7. The number of carbonyl (C=O) groups excluding carboxylic acids is 2. The highest BCUT2D eigenvalue weighted by Gasteiger charge is 2.57. The summed E-state index contributed by atoms with van der Waals surface area (Å²) >= 11 is 0. The van der Waals surface area contributed by atoms with E-state index in [-0.39, 0.29) is 46.7 Å². The molecular weight excluding hydrogens is 549 g/mol. The van der Waals surface area contributed by atoms with Crippen LogP contribution in [0.1, 0.15) is 87.0 Å². The molecule has 1 aliphatic heterocycles. The van der Waals surface area contributed by atoms with E-state index in [1.807, 2.05) is 20.8 Å². The summed E-state index contributed by atoms with van der Waals surface area (Å²) < 4.78 is 48.5. The molecule has 1 saturated heterocycles. The van der Waals surface area contributed by atoms with Gasteiger partial charge in [-0.3, -0.25) is 9.59 Å². The topological polar surface area (TPSA) is 92.7 Å². The number of hydrogen-bond donors (Lipinski definition) is 2. The highest BCUT2D eigenvalue weighted by Crippen LogP contribution is 2.56. The molecule has 0 spiro atoms. The molecule has 0 radical (unpaired) electrons. The first-order chi connectivity index (χ1) is 19.8. The lowest BCUT2D eigenvalue weighted by molar-refractivity contribution is 0.0272. The number of fused-ring (bicyclic) bond motifs is 1. The summed E-state index contributed by atoms with van der Waals surface area (Å²) in [4.78, 5) is 41.0. The highest BCUT2D eigenvalue weighted by molar-refractivity contribution is 5.99. The zero-order valence-electron chi connectivity index (χ0n) is 24.2. The van der Waals surface area contributed by atoms with Crippen molar-refractivity contribution in [2.75, 3.05) is 18.4 Å². The zero-order valence-corrected chi connectivity index (χ0v) is 24.2. The van der Waals surface area contributed by atoms with Gasteiger partial charge in [-0.1, -0.05) is 18.2 Å². The van der Waals surface area contributed by atoms with Crippen LogP contribution in [0.3, 0.4) is 0 Å². The fraction of sp³-hybridized carbons (Fsp3) is 0.581. The molecule has 42 heavy (non-hydrogen) atoms. The lowest BCUT2D eigenvalue weighted by atomic mass is 10.0. The van der Waals surface area contributed by atoms with E-state index < -0.39 is 35.4 Å². The quantitative estimate of drug-likeness (QED) is 0.416. The number of alkyl halides is 2. The number of carbonyl (C=O) groups is 2. The molecular formula is C31H37F3N4O4. The van der Waals surface area contributed by atoms with Gasteiger partial charge in [0.2, 0.25) is 0 Å². The summed E-state index contributed by atoms with van der Waals surface area (Å²) in [6, 6.07) is 4.31. The SMILES string of the molecule is C[C@@H](NC(=O)c1cn([C@H]2C[C@@H]2C2CC2)c(=O)cc1N[C@H]1[C@@H]2CN(C(=O)OC(C)(C)C)C[C@@H]21)c1cccc(C(F)F)c1F. The molecule has 2 aromatic rings. The fourth-order valence-corrected chi connectivity index (χ4v) is 6.48. The van der Waals surface area contributed by atoms with Gasteiger partial charge < -0.3 is 24.8 Å². The smallest absolute Gasteiger partial charge is 0.410 e. The van der Waals surface area contributed by atoms with Crippen molar-refractivity contribution in [1.29, 1.82) is 0 Å². The van der Waals surface area contributed by atoms with Crippen LogP contribution in [0.2, 0.25) is 0 Å². The Morgan fingerprint density at radius 3 is 2.36 bits per heavy atom. The average molecular weight is 587 g/mol. The van der Waals surface area contributed by atoms with E-state index in [4.69, 9.17) is 4.74 Å². The van der Waals surface area contributed by atoms with Crippen LogP contribution in [-0.4, -0.2) is 46.2 Å². The van der Waals surface area contributed by atoms with E-state index >= 15 is 0 Å². The number of piperidine rings is 1. The van der Waals surface area contributed by atoms with Crippen molar-refractivity contribution in [1.82, 2.24) is 14.8 Å². The van der Waals surface area contributed by atoms with Gasteiger partial charge in [-0.05, 0) is 58.8 Å². The van der Waals surface area contributed by atoms with Gasteiger partial charge in [0.25, 0.3) is 17.9 Å². The van der Waals surface area contributed by atoms with Crippen LogP contribution in [0.25, 0.3) is 0 Å². The van der Waals surface area contributed by atoms with Gasteiger partial charge in [-0.25, -0.2) is 18.0 Å². The predicted octanol–water partition coefficient (Wildman–Crippen LogP) is 5.66. The monoisotopic (exact) mass is 586 g/mol. The minimum absolute atomic E-state index is 0.0248. The number of likely N-dealkylation sites (tertiary alicyclic amines) is 1. The van der Waals surface area contributed by atoms with Gasteiger partial charge in [0.15, 0.2) is 0 Å². The third-order valence-electron chi connectivity index (χ3n) is 8.99. The van der Waals surface area contributed by atoms with Crippen molar-refractivity contribution in [3.8, 4) is 0 Å². The molecule has 1 aromatic carbocycles. The lowest BCUT2D eigenvalue weighted by Gasteiger charge is -2.26. The Labute approximate surface area is 242 Å². The van der Waals surface area contributed by atoms with Crippen LogP contribution in [-0.2, 0) is 4.74 Å². The van der Waals surface area contributed by atoms with Crippen LogP contribution in [0, 0.1) is 29.5 Å². The van der Waals surface area contributed by atoms with Crippen molar-refractivity contribution in [3.63, 3.8) is 0 Å². The van der Waals surface area contributed by atoms with E-state index in [0.29, 0.717) is 30.6 Å². The highest BCUT2D eigenvalue weighted by atomic mass is 19.3. The van der Waals surface area contributed by atoms with Gasteiger partial charge in [0, 0.05) is 54.8 Å². The number of nitrogens with zero attached hydrogens (tertiary/aromatic N) is 2. The van der Waals surface area contributed by atoms with E-state index in [1.54, 1.807) is 15.7 Å². The molecule has 8 nitrogen and oxygen atoms in total. The molecule has 4 fully saturated rings. The van der Waals surface area contributed by atoms with Crippen molar-refractivity contribution in [2.45, 2.75) is 77.1 Å². The molecule has 4 aliphatic rings. The summed E-state index contributed by atoms with van der Waals surface area (Å²) in [7, 11) is 0. The third-order valence-corrected chi connectivity index (χ3v) is 8.99. The maximum atomic E-state index is 14.8. The molecule has 6 atom stereocenters. The molecule has 0 bridgehead atoms. The molecule has 2 heterocycles. The largest absolute Gasteiger partial charge is 0.444 e. The minimum atomic E-state index is -2.98. The van der Waals surface area contributed by atoms with E-state index in [0.717, 1.165) is 25.3 Å². The Kier molecular flexibility index (Phi) is 7.05. The van der Waals surface area contributed by atoms with E-state index in [1.165, 1.54) is 25.1 Å². The fourth-order valence-electron chi connectivity index (χ4n) is 6.48. The van der Waals surface area contributed by atoms with E-state index in [9.17, 15) is 27.6 Å². The van der Waals surface area contributed by atoms with Crippen molar-refractivity contribution >= 4 is 17.7 Å². The number of ether oxygens (including phenoxy) is 1. The maximum Gasteiger partial charge on any atom is 0.410 e. The number of halogens is 3. The molecule has 3 aliphatic carbocycles. The number of nitrogens with one attached hydrogen (secondary N) is 2. The van der Waals surface area contributed by atoms with Crippen LogP contribution < -0.4 is 16.2 Å². The molecule has 11 heteroatoms. The Morgan fingerprint density at radius 1 is 1.07 bits per heavy atom. The second kappa shape index (κ2) is 10.3. The number of benzene rings is 1. The maximum absolute atomic E-state index is 14.8. The molecule has 0 unspecified atom stereocenters. The van der Waals surface area contributed by atoms with Gasteiger partial charge in [-0.15, -0.1) is 0 Å². The number of hydrogen-bond acceptors (Lipinski definition) is 5. The first kappa shape index (κ1) is 28.6. The molecule has 2 amide bonds. The van der Waals surface area contributed by atoms with Gasteiger partial charge in [0.1, 0.15) is 11.4 Å². The lowest BCUT2D eigenvalue weighted by Crippen LogP contribution is -2.38. The van der Waals surface area contributed by atoms with Gasteiger partial charge in [0.05, 0.1) is 22.9 Å². The molecule has 3 saturated carbocycles. The summed E-state index contributed by atoms with van der Waals surface area (Å²) in [5.74, 6) is -0.211. The average Bonchev–Trinajstić information content (AvgIpc) is 3.83. The van der Waals surface area contributed by atoms with Crippen molar-refractivity contribution < 1.29 is 27.5 Å². The Bertz CT molecular complexity index is 1460. The summed E-state index contributed by atoms with van der Waals surface area (Å²) in [5.41, 5.74) is -0.942. The predicted molar refractivity (Wildman–Crippen MR) is 150 cm³/mol. The first-order valence-electron chi connectivity index (χ1n) is 14.7. The molecule has 226 valence electrons. The second-order valence-corrected chi connectivity index (χ2v) is 13.3. The summed E-state index contributed by atoms with van der Waals surface area (Å²) in [6.45, 7) is 8.02. The van der Waals surface area contributed by atoms with Gasteiger partial charge >= 0.3 is 6.09 Å². The van der Waals surface area contributed by atoms with Gasteiger partial charge in [-0.2, -0.15) is 0 Å². The number of aromatic nitrogens is 1. The number of pyridine rings is 1. The number of rotatable bonds is 8. The summed E-state index contributed by atoms with van der Waals surface area (Å²) in [5, 5.41) is 6.12. The van der Waals surface area contributed by atoms with Crippen LogP contribution in [0.4, 0.5) is 23.7 Å². The van der Waals surface area contributed by atoms with Crippen LogP contribution >= 0.6 is 0 Å². The Morgan fingerprint density at radius 2 is 1.74 bits per heavy atom. The van der Waals surface area contributed by atoms with Crippen LogP contribution in [0.5, 0.6) is 0 Å². The second-order valence-electron chi connectivity index (χ2n) is 13.3. The molecule has 2 N–H and O–H groups in total. The Balaban J connectivity index is 1.21. The standard InChI is InChI=1S/C31H37F3N4O4/c1-15(17-6-5-7-18(26(17)32)28(33)34)35-29(40)22-14-38(24-10-19(24)16-8-9-16)25(39)11-23(22)36-27-20-12-37(13-21(20)27)30(41)42-31(2,3)4/h5-7,11,14-16,19-21,24,27-28,36H,8-10,12-13H2,1-4H3,(H,35,40)/t15-,19-,20-,21+,24+,27+/m1/s1. The summed E-state index contributed by atoms with van der Waals surface area (Å²) in [6.07, 6.45) is 1.46. The number of amides is 2. The molecule has 6 rings (SSSR count). The van der Waals surface area contributed by atoms with Crippen molar-refractivity contribution in [2.24, 2.45) is 23.7 Å². The zero-order chi connectivity index (χ0) is 30.1. The van der Waals surface area contributed by atoms with Crippen molar-refractivity contribution in [3.05, 3.63) is 63.3 Å². The Hall–Kier alpha value is -3.50. The van der Waals surface area contributed by atoms with E-state index in [2.05, 4.69) is 10.6 Å².